The Hall–Kier alpha value is -0.120. The Morgan fingerprint density at radius 2 is 1.78 bits per heavy atom. The highest BCUT2D eigenvalue weighted by atomic mass is 16.5. The lowest BCUT2D eigenvalue weighted by molar-refractivity contribution is -0.0710. The number of hydrogen-bond acceptors (Lipinski definition) is 3. The molecule has 18 heavy (non-hydrogen) atoms. The molecule has 0 amide bonds. The van der Waals surface area contributed by atoms with E-state index in [4.69, 9.17) is 9.47 Å². The van der Waals surface area contributed by atoms with Crippen LogP contribution in [0, 0.1) is 5.92 Å². The summed E-state index contributed by atoms with van der Waals surface area (Å²) in [5.74, 6) is 0.823. The van der Waals surface area contributed by atoms with Crippen molar-refractivity contribution in [2.45, 2.75) is 82.8 Å². The van der Waals surface area contributed by atoms with Crippen molar-refractivity contribution in [3.8, 4) is 0 Å². The number of ether oxygens (including phenoxy) is 2. The zero-order chi connectivity index (χ0) is 13.0. The van der Waals surface area contributed by atoms with Crippen molar-refractivity contribution in [2.24, 2.45) is 5.92 Å². The molecule has 3 atom stereocenters. The van der Waals surface area contributed by atoms with Crippen molar-refractivity contribution in [1.29, 1.82) is 0 Å². The van der Waals surface area contributed by atoms with E-state index in [9.17, 15) is 0 Å². The van der Waals surface area contributed by atoms with Crippen LogP contribution in [0.3, 0.4) is 0 Å². The molecule has 1 N–H and O–H groups in total. The molecule has 1 saturated carbocycles. The fourth-order valence-electron chi connectivity index (χ4n) is 3.76. The van der Waals surface area contributed by atoms with Gasteiger partial charge < -0.3 is 14.8 Å². The van der Waals surface area contributed by atoms with Gasteiger partial charge in [-0.1, -0.05) is 0 Å². The van der Waals surface area contributed by atoms with Crippen LogP contribution in [0.25, 0.3) is 0 Å². The maximum absolute atomic E-state index is 6.17. The molecule has 3 unspecified atom stereocenters. The lowest BCUT2D eigenvalue weighted by Gasteiger charge is -2.31. The summed E-state index contributed by atoms with van der Waals surface area (Å²) < 4.78 is 12.1. The van der Waals surface area contributed by atoms with Gasteiger partial charge in [0.1, 0.15) is 0 Å². The molecule has 3 fully saturated rings. The van der Waals surface area contributed by atoms with Gasteiger partial charge in [-0.25, -0.2) is 0 Å². The summed E-state index contributed by atoms with van der Waals surface area (Å²) >= 11 is 0. The molecule has 0 aromatic carbocycles. The molecule has 0 spiro atoms. The Morgan fingerprint density at radius 1 is 1.06 bits per heavy atom. The zero-order valence-corrected chi connectivity index (χ0v) is 12.2. The van der Waals surface area contributed by atoms with Crippen LogP contribution in [0.5, 0.6) is 0 Å². The third kappa shape index (κ3) is 2.45. The maximum atomic E-state index is 6.17. The van der Waals surface area contributed by atoms with Crippen LogP contribution >= 0.6 is 0 Å². The van der Waals surface area contributed by atoms with Crippen LogP contribution in [0.1, 0.15) is 53.4 Å². The number of hydrogen-bond donors (Lipinski definition) is 1. The maximum Gasteiger partial charge on any atom is 0.0787 e. The quantitative estimate of drug-likeness (QED) is 0.838. The Kier molecular flexibility index (Phi) is 3.00. The van der Waals surface area contributed by atoms with E-state index < -0.39 is 0 Å². The SMILES string of the molecule is CC1(C)CC(NC2CCOC2C2CC2)C(C)(C)O1. The van der Waals surface area contributed by atoms with E-state index in [1.54, 1.807) is 0 Å². The zero-order valence-electron chi connectivity index (χ0n) is 12.2. The standard InChI is InChI=1S/C15H27NO2/c1-14(2)9-12(15(3,4)18-14)16-11-7-8-17-13(11)10-5-6-10/h10-13,16H,5-9H2,1-4H3. The Labute approximate surface area is 111 Å². The van der Waals surface area contributed by atoms with Gasteiger partial charge >= 0.3 is 0 Å². The minimum absolute atomic E-state index is 0.00426. The molecule has 1 aliphatic carbocycles. The van der Waals surface area contributed by atoms with E-state index in [0.717, 1.165) is 25.4 Å². The van der Waals surface area contributed by atoms with Crippen molar-refractivity contribution < 1.29 is 9.47 Å². The van der Waals surface area contributed by atoms with Crippen LogP contribution in [0.4, 0.5) is 0 Å². The summed E-state index contributed by atoms with van der Waals surface area (Å²) in [6, 6.07) is 0.986. The number of nitrogens with one attached hydrogen (secondary N) is 1. The second kappa shape index (κ2) is 4.19. The molecule has 3 nitrogen and oxygen atoms in total. The van der Waals surface area contributed by atoms with Crippen molar-refractivity contribution in [2.75, 3.05) is 6.61 Å². The molecule has 3 aliphatic rings. The summed E-state index contributed by atoms with van der Waals surface area (Å²) in [5, 5.41) is 3.85. The smallest absolute Gasteiger partial charge is 0.0787 e. The Morgan fingerprint density at radius 3 is 2.33 bits per heavy atom. The van der Waals surface area contributed by atoms with Gasteiger partial charge in [0.25, 0.3) is 0 Å². The topological polar surface area (TPSA) is 30.5 Å². The first kappa shape index (κ1) is 12.9. The monoisotopic (exact) mass is 253 g/mol. The largest absolute Gasteiger partial charge is 0.376 e. The second-order valence-electron chi connectivity index (χ2n) is 7.46. The second-order valence-corrected chi connectivity index (χ2v) is 7.46. The highest BCUT2D eigenvalue weighted by Crippen LogP contribution is 2.41. The van der Waals surface area contributed by atoms with Gasteiger partial charge in [0.05, 0.1) is 17.3 Å². The van der Waals surface area contributed by atoms with Gasteiger partial charge in [-0.3, -0.25) is 0 Å². The summed E-state index contributed by atoms with van der Waals surface area (Å²) in [6.07, 6.45) is 5.43. The van der Waals surface area contributed by atoms with Gasteiger partial charge in [-0.15, -0.1) is 0 Å². The molecular formula is C15H27NO2. The molecule has 104 valence electrons. The average molecular weight is 253 g/mol. The highest BCUT2D eigenvalue weighted by Gasteiger charge is 2.49. The van der Waals surface area contributed by atoms with E-state index in [2.05, 4.69) is 33.0 Å². The summed E-state index contributed by atoms with van der Waals surface area (Å²) in [7, 11) is 0. The van der Waals surface area contributed by atoms with E-state index in [0.29, 0.717) is 18.2 Å². The van der Waals surface area contributed by atoms with E-state index >= 15 is 0 Å². The molecule has 2 heterocycles. The van der Waals surface area contributed by atoms with Crippen LogP contribution in [0.15, 0.2) is 0 Å². The van der Waals surface area contributed by atoms with E-state index in [1.165, 1.54) is 12.8 Å². The normalized spacial score (nSPS) is 42.3. The van der Waals surface area contributed by atoms with Crippen LogP contribution in [-0.4, -0.2) is 36.0 Å². The number of rotatable bonds is 3. The predicted octanol–water partition coefficient (Wildman–Crippen LogP) is 2.49. The molecule has 2 saturated heterocycles. The fraction of sp³-hybridized carbons (Fsp3) is 1.00. The van der Waals surface area contributed by atoms with Gasteiger partial charge in [0.15, 0.2) is 0 Å². The van der Waals surface area contributed by atoms with Gasteiger partial charge in [0.2, 0.25) is 0 Å². The first-order chi connectivity index (χ1) is 8.37. The van der Waals surface area contributed by atoms with Crippen molar-refractivity contribution in [3.63, 3.8) is 0 Å². The Balaban J connectivity index is 1.65. The molecule has 2 aliphatic heterocycles. The van der Waals surface area contributed by atoms with Crippen molar-refractivity contribution >= 4 is 0 Å². The van der Waals surface area contributed by atoms with Crippen LogP contribution in [-0.2, 0) is 9.47 Å². The molecule has 0 bridgehead atoms. The third-order valence-electron chi connectivity index (χ3n) is 4.71. The lowest BCUT2D eigenvalue weighted by Crippen LogP contribution is -2.50. The molecule has 0 aromatic rings. The predicted molar refractivity (Wildman–Crippen MR) is 71.7 cm³/mol. The molecule has 0 radical (unpaired) electrons. The summed E-state index contributed by atoms with van der Waals surface area (Å²) in [4.78, 5) is 0. The van der Waals surface area contributed by atoms with Crippen LogP contribution < -0.4 is 5.32 Å². The van der Waals surface area contributed by atoms with Gasteiger partial charge in [-0.2, -0.15) is 0 Å². The van der Waals surface area contributed by atoms with Crippen LogP contribution in [0.2, 0.25) is 0 Å². The van der Waals surface area contributed by atoms with E-state index in [-0.39, 0.29) is 11.2 Å². The summed E-state index contributed by atoms with van der Waals surface area (Å²) in [6.45, 7) is 9.73. The summed E-state index contributed by atoms with van der Waals surface area (Å²) in [5.41, 5.74) is -0.0735. The van der Waals surface area contributed by atoms with Crippen molar-refractivity contribution in [3.05, 3.63) is 0 Å². The van der Waals surface area contributed by atoms with Crippen molar-refractivity contribution in [1.82, 2.24) is 5.32 Å². The minimum atomic E-state index is -0.0693. The Bertz CT molecular complexity index is 322. The first-order valence-corrected chi connectivity index (χ1v) is 7.45. The third-order valence-corrected chi connectivity index (χ3v) is 4.71. The minimum Gasteiger partial charge on any atom is -0.376 e. The molecular weight excluding hydrogens is 226 g/mol. The fourth-order valence-corrected chi connectivity index (χ4v) is 3.76. The highest BCUT2D eigenvalue weighted by molar-refractivity contribution is 5.03. The first-order valence-electron chi connectivity index (χ1n) is 7.45. The molecule has 3 heteroatoms. The molecule has 3 rings (SSSR count). The average Bonchev–Trinajstić information content (AvgIpc) is 2.92. The van der Waals surface area contributed by atoms with E-state index in [1.807, 2.05) is 0 Å². The lowest BCUT2D eigenvalue weighted by atomic mass is 9.92. The molecule has 0 aromatic heterocycles. The van der Waals surface area contributed by atoms with Gasteiger partial charge in [0, 0.05) is 18.7 Å². The van der Waals surface area contributed by atoms with Gasteiger partial charge in [-0.05, 0) is 59.3 Å².